The Labute approximate surface area is 186 Å². The van der Waals surface area contributed by atoms with E-state index in [2.05, 4.69) is 15.4 Å². The van der Waals surface area contributed by atoms with Gasteiger partial charge in [-0.1, -0.05) is 18.2 Å². The molecule has 0 aliphatic rings. The van der Waals surface area contributed by atoms with Crippen LogP contribution in [-0.4, -0.2) is 31.0 Å². The number of hydrogen-bond acceptors (Lipinski definition) is 4. The Morgan fingerprint density at radius 3 is 2.48 bits per heavy atom. The van der Waals surface area contributed by atoms with E-state index >= 15 is 0 Å². The topological polar surface area (TPSA) is 81.8 Å². The predicted molar refractivity (Wildman–Crippen MR) is 116 cm³/mol. The number of imidazole rings is 1. The molecule has 0 saturated carbocycles. The summed E-state index contributed by atoms with van der Waals surface area (Å²) in [6.07, 6.45) is -4.52. The van der Waals surface area contributed by atoms with E-state index in [1.807, 2.05) is 25.1 Å². The Hall–Kier alpha value is -3.95. The minimum absolute atomic E-state index is 0.0315. The van der Waals surface area contributed by atoms with Crippen molar-refractivity contribution in [1.29, 1.82) is 0 Å². The Morgan fingerprint density at radius 1 is 1.06 bits per heavy atom. The van der Waals surface area contributed by atoms with Gasteiger partial charge in [0.15, 0.2) is 0 Å². The third-order valence-electron chi connectivity index (χ3n) is 5.34. The number of nitrogens with one attached hydrogen (secondary N) is 1. The van der Waals surface area contributed by atoms with Crippen LogP contribution in [0.4, 0.5) is 19.1 Å². The number of para-hydroxylation sites is 2. The van der Waals surface area contributed by atoms with Gasteiger partial charge in [0.1, 0.15) is 0 Å². The molecule has 0 fully saturated rings. The molecule has 7 nitrogen and oxygen atoms in total. The Morgan fingerprint density at radius 2 is 1.79 bits per heavy atom. The molecule has 0 bridgehead atoms. The highest BCUT2D eigenvalue weighted by atomic mass is 19.4. The zero-order valence-corrected chi connectivity index (χ0v) is 18.1. The van der Waals surface area contributed by atoms with Gasteiger partial charge in [0.05, 0.1) is 39.2 Å². The molecular formula is C23H20F3N5O2. The van der Waals surface area contributed by atoms with Crippen LogP contribution in [0, 0.1) is 13.8 Å². The molecule has 0 aliphatic carbocycles. The zero-order chi connectivity index (χ0) is 23.9. The SMILES string of the molecule is CCn1c(NC(=O)C(=O)c2c(C)nn(-c3cccc(C(F)(F)F)c3)c2C)nc2ccccc21. The minimum atomic E-state index is -4.52. The molecule has 1 amide bonds. The Kier molecular flexibility index (Phi) is 5.52. The first-order valence-electron chi connectivity index (χ1n) is 10.2. The van der Waals surface area contributed by atoms with Gasteiger partial charge in [0, 0.05) is 6.54 Å². The summed E-state index contributed by atoms with van der Waals surface area (Å²) >= 11 is 0. The lowest BCUT2D eigenvalue weighted by Crippen LogP contribution is -2.25. The average molecular weight is 455 g/mol. The highest BCUT2D eigenvalue weighted by molar-refractivity contribution is 6.47. The van der Waals surface area contributed by atoms with Crippen molar-refractivity contribution in [2.75, 3.05) is 5.32 Å². The van der Waals surface area contributed by atoms with E-state index < -0.39 is 23.4 Å². The second-order valence-corrected chi connectivity index (χ2v) is 7.46. The number of alkyl halides is 3. The number of rotatable bonds is 5. The molecule has 0 spiro atoms. The van der Waals surface area contributed by atoms with E-state index in [0.29, 0.717) is 12.1 Å². The van der Waals surface area contributed by atoms with Gasteiger partial charge >= 0.3 is 6.18 Å². The first-order valence-corrected chi connectivity index (χ1v) is 10.2. The number of fused-ring (bicyclic) bond motifs is 1. The van der Waals surface area contributed by atoms with Crippen LogP contribution < -0.4 is 5.32 Å². The first-order chi connectivity index (χ1) is 15.6. The first kappa shape index (κ1) is 22.3. The fourth-order valence-electron chi connectivity index (χ4n) is 3.80. The monoisotopic (exact) mass is 455 g/mol. The van der Waals surface area contributed by atoms with Gasteiger partial charge in [-0.15, -0.1) is 0 Å². The molecule has 0 radical (unpaired) electrons. The summed E-state index contributed by atoms with van der Waals surface area (Å²) in [5, 5.41) is 6.77. The van der Waals surface area contributed by atoms with Crippen LogP contribution in [0.3, 0.4) is 0 Å². The number of hydrogen-bond donors (Lipinski definition) is 1. The number of amides is 1. The normalized spacial score (nSPS) is 11.7. The fraction of sp³-hybridized carbons (Fsp3) is 0.217. The number of ketones is 1. The molecule has 1 N–H and O–H groups in total. The number of carbonyl (C=O) groups excluding carboxylic acids is 2. The molecule has 4 aromatic rings. The van der Waals surface area contributed by atoms with Gasteiger partial charge in [-0.2, -0.15) is 18.3 Å². The van der Waals surface area contributed by atoms with Gasteiger partial charge in [-0.25, -0.2) is 9.67 Å². The highest BCUT2D eigenvalue weighted by Crippen LogP contribution is 2.31. The summed E-state index contributed by atoms with van der Waals surface area (Å²) < 4.78 is 42.3. The van der Waals surface area contributed by atoms with Crippen LogP contribution in [0.25, 0.3) is 16.7 Å². The molecular weight excluding hydrogens is 435 g/mol. The van der Waals surface area contributed by atoms with Gasteiger partial charge in [-0.05, 0) is 51.1 Å². The lowest BCUT2D eigenvalue weighted by molar-refractivity contribution is -0.137. The van der Waals surface area contributed by atoms with Crippen LogP contribution >= 0.6 is 0 Å². The second kappa shape index (κ2) is 8.19. The van der Waals surface area contributed by atoms with E-state index in [4.69, 9.17) is 0 Å². The average Bonchev–Trinajstić information content (AvgIpc) is 3.28. The maximum absolute atomic E-state index is 13.1. The summed E-state index contributed by atoms with van der Waals surface area (Å²) in [4.78, 5) is 30.2. The molecule has 0 aliphatic heterocycles. The lowest BCUT2D eigenvalue weighted by Gasteiger charge is -2.10. The number of aryl methyl sites for hydroxylation is 2. The molecule has 2 aromatic carbocycles. The van der Waals surface area contributed by atoms with E-state index in [1.165, 1.54) is 30.7 Å². The zero-order valence-electron chi connectivity index (χ0n) is 18.1. The Bertz CT molecular complexity index is 1380. The van der Waals surface area contributed by atoms with Crippen LogP contribution in [0.5, 0.6) is 0 Å². The van der Waals surface area contributed by atoms with E-state index in [-0.39, 0.29) is 28.6 Å². The Balaban J connectivity index is 1.66. The standard InChI is InChI=1S/C23H20F3N5O2/c1-4-30-18-11-6-5-10-17(18)27-22(30)28-21(33)20(32)19-13(2)29-31(14(19)3)16-9-7-8-15(12-16)23(24,25)26/h5-12H,4H2,1-3H3,(H,27,28,33). The quantitative estimate of drug-likeness (QED) is 0.349. The summed E-state index contributed by atoms with van der Waals surface area (Å²) in [6.45, 7) is 5.47. The molecule has 0 unspecified atom stereocenters. The van der Waals surface area contributed by atoms with Crippen molar-refractivity contribution in [3.05, 3.63) is 71.0 Å². The molecule has 33 heavy (non-hydrogen) atoms. The maximum Gasteiger partial charge on any atom is 0.416 e. The molecule has 2 heterocycles. The number of Topliss-reactive ketones (excluding diaryl/α,β-unsaturated/α-hetero) is 1. The molecule has 0 saturated heterocycles. The smallest absolute Gasteiger partial charge is 0.310 e. The maximum atomic E-state index is 13.1. The second-order valence-electron chi connectivity index (χ2n) is 7.46. The van der Waals surface area contributed by atoms with E-state index in [0.717, 1.165) is 17.6 Å². The summed E-state index contributed by atoms with van der Waals surface area (Å²) in [5.74, 6) is -1.52. The van der Waals surface area contributed by atoms with Crippen LogP contribution in [0.1, 0.15) is 34.2 Å². The number of halogens is 3. The fourth-order valence-corrected chi connectivity index (χ4v) is 3.80. The largest absolute Gasteiger partial charge is 0.416 e. The van der Waals surface area contributed by atoms with Crippen molar-refractivity contribution in [1.82, 2.24) is 19.3 Å². The van der Waals surface area contributed by atoms with Crippen LogP contribution in [0.15, 0.2) is 48.5 Å². The number of nitrogens with zero attached hydrogens (tertiary/aromatic N) is 4. The lowest BCUT2D eigenvalue weighted by atomic mass is 10.1. The number of aromatic nitrogens is 4. The minimum Gasteiger partial charge on any atom is -0.310 e. The summed E-state index contributed by atoms with van der Waals surface area (Å²) in [5.41, 5.74) is 1.31. The molecule has 170 valence electrons. The number of anilines is 1. The molecule has 4 rings (SSSR count). The van der Waals surface area contributed by atoms with Gasteiger partial charge in [-0.3, -0.25) is 14.9 Å². The number of benzene rings is 2. The molecule has 0 atom stereocenters. The predicted octanol–water partition coefficient (Wildman–Crippen LogP) is 4.70. The van der Waals surface area contributed by atoms with Crippen molar-refractivity contribution >= 4 is 28.7 Å². The highest BCUT2D eigenvalue weighted by Gasteiger charge is 2.31. The molecule has 10 heteroatoms. The number of carbonyl (C=O) groups is 2. The van der Waals surface area contributed by atoms with Gasteiger partial charge < -0.3 is 4.57 Å². The third kappa shape index (κ3) is 3.99. The van der Waals surface area contributed by atoms with Crippen molar-refractivity contribution in [2.45, 2.75) is 33.5 Å². The van der Waals surface area contributed by atoms with Crippen LogP contribution in [0.2, 0.25) is 0 Å². The van der Waals surface area contributed by atoms with Crippen molar-refractivity contribution in [2.24, 2.45) is 0 Å². The van der Waals surface area contributed by atoms with E-state index in [9.17, 15) is 22.8 Å². The van der Waals surface area contributed by atoms with Crippen LogP contribution in [-0.2, 0) is 17.5 Å². The van der Waals surface area contributed by atoms with E-state index in [1.54, 1.807) is 10.6 Å². The molecule has 2 aromatic heterocycles. The van der Waals surface area contributed by atoms with Crippen molar-refractivity contribution in [3.8, 4) is 5.69 Å². The summed E-state index contributed by atoms with van der Waals surface area (Å²) in [6, 6.07) is 11.9. The van der Waals surface area contributed by atoms with Crippen molar-refractivity contribution < 1.29 is 22.8 Å². The van der Waals surface area contributed by atoms with Crippen molar-refractivity contribution in [3.63, 3.8) is 0 Å². The third-order valence-corrected chi connectivity index (χ3v) is 5.34. The summed E-state index contributed by atoms with van der Waals surface area (Å²) in [7, 11) is 0. The van der Waals surface area contributed by atoms with Gasteiger partial charge in [0.25, 0.3) is 11.7 Å². The van der Waals surface area contributed by atoms with Gasteiger partial charge in [0.2, 0.25) is 5.95 Å².